The number of carbonyl (C=O) groups is 3. The highest BCUT2D eigenvalue weighted by Crippen LogP contribution is 2.29. The first kappa shape index (κ1) is 17.6. The van der Waals surface area contributed by atoms with Crippen molar-refractivity contribution in [2.75, 3.05) is 6.61 Å². The van der Waals surface area contributed by atoms with Gasteiger partial charge in [-0.1, -0.05) is 11.8 Å². The number of carboxylic acids is 2. The van der Waals surface area contributed by atoms with Crippen LogP contribution < -0.4 is 0 Å². The molecular weight excluding hydrogens is 332 g/mol. The summed E-state index contributed by atoms with van der Waals surface area (Å²) in [6.45, 7) is 2.02. The summed E-state index contributed by atoms with van der Waals surface area (Å²) in [7, 11) is 0. The van der Waals surface area contributed by atoms with E-state index in [4.69, 9.17) is 14.9 Å². The van der Waals surface area contributed by atoms with E-state index in [2.05, 4.69) is 0 Å². The third-order valence-corrected chi connectivity index (χ3v) is 4.05. The number of aromatic carboxylic acids is 2. The van der Waals surface area contributed by atoms with E-state index in [0.717, 1.165) is 4.90 Å². The third-order valence-electron chi connectivity index (χ3n) is 3.05. The molecule has 0 bridgehead atoms. The summed E-state index contributed by atoms with van der Waals surface area (Å²) < 4.78 is 4.90. The Morgan fingerprint density at radius 1 is 0.917 bits per heavy atom. The quantitative estimate of drug-likeness (QED) is 0.773. The lowest BCUT2D eigenvalue weighted by molar-refractivity contribution is 0.0525. The smallest absolute Gasteiger partial charge is 0.338 e. The van der Waals surface area contributed by atoms with E-state index in [0.29, 0.717) is 17.1 Å². The van der Waals surface area contributed by atoms with E-state index in [1.807, 2.05) is 0 Å². The summed E-state index contributed by atoms with van der Waals surface area (Å²) >= 11 is 1.26. The van der Waals surface area contributed by atoms with E-state index in [1.165, 1.54) is 23.9 Å². The largest absolute Gasteiger partial charge is 0.478 e. The Labute approximate surface area is 142 Å². The number of carbonyl (C=O) groups excluding carboxylic acids is 1. The van der Waals surface area contributed by atoms with Gasteiger partial charge in [-0.05, 0) is 49.4 Å². The van der Waals surface area contributed by atoms with Crippen LogP contribution in [0.3, 0.4) is 0 Å². The van der Waals surface area contributed by atoms with Crippen LogP contribution in [-0.2, 0) is 4.74 Å². The van der Waals surface area contributed by atoms with Crippen LogP contribution >= 0.6 is 11.8 Å². The predicted octanol–water partition coefficient (Wildman–Crippen LogP) is 3.41. The zero-order valence-electron chi connectivity index (χ0n) is 12.7. The van der Waals surface area contributed by atoms with Crippen molar-refractivity contribution in [3.8, 4) is 0 Å². The fourth-order valence-electron chi connectivity index (χ4n) is 1.96. The van der Waals surface area contributed by atoms with Gasteiger partial charge in [-0.2, -0.15) is 0 Å². The molecule has 0 atom stereocenters. The van der Waals surface area contributed by atoms with Crippen LogP contribution in [0.2, 0.25) is 0 Å². The van der Waals surface area contributed by atoms with Crippen LogP contribution in [0.15, 0.2) is 52.3 Å². The zero-order chi connectivity index (χ0) is 17.7. The molecule has 7 heteroatoms. The maximum Gasteiger partial charge on any atom is 0.338 e. The second-order valence-electron chi connectivity index (χ2n) is 4.66. The van der Waals surface area contributed by atoms with Gasteiger partial charge >= 0.3 is 17.9 Å². The number of hydrogen-bond donors (Lipinski definition) is 2. The van der Waals surface area contributed by atoms with E-state index < -0.39 is 17.9 Å². The van der Waals surface area contributed by atoms with Crippen LogP contribution in [-0.4, -0.2) is 34.7 Å². The number of benzene rings is 2. The van der Waals surface area contributed by atoms with Crippen LogP contribution in [0.1, 0.15) is 38.0 Å². The van der Waals surface area contributed by atoms with Crippen LogP contribution in [0.4, 0.5) is 0 Å². The second-order valence-corrected chi connectivity index (χ2v) is 5.81. The minimum Gasteiger partial charge on any atom is -0.478 e. The number of carboxylic acid groups (broad SMARTS) is 2. The van der Waals surface area contributed by atoms with Gasteiger partial charge in [0, 0.05) is 9.79 Å². The lowest BCUT2D eigenvalue weighted by Crippen LogP contribution is -2.07. The molecule has 0 fully saturated rings. The predicted molar refractivity (Wildman–Crippen MR) is 86.9 cm³/mol. The summed E-state index contributed by atoms with van der Waals surface area (Å²) in [6.07, 6.45) is 0. The van der Waals surface area contributed by atoms with Crippen molar-refractivity contribution in [3.05, 3.63) is 59.2 Å². The SMILES string of the molecule is CCOC(=O)c1ccc(Sc2ccc(C(=O)O)c(C(=O)O)c2)cc1. The molecule has 0 aliphatic rings. The molecule has 0 radical (unpaired) electrons. The number of ether oxygens (including phenoxy) is 1. The maximum absolute atomic E-state index is 11.6. The van der Waals surface area contributed by atoms with Gasteiger partial charge < -0.3 is 14.9 Å². The summed E-state index contributed by atoms with van der Waals surface area (Å²) in [6, 6.07) is 10.8. The summed E-state index contributed by atoms with van der Waals surface area (Å²) in [4.78, 5) is 35.2. The normalized spacial score (nSPS) is 10.2. The molecule has 2 rings (SSSR count). The van der Waals surface area contributed by atoms with E-state index in [-0.39, 0.29) is 11.1 Å². The minimum atomic E-state index is -1.30. The molecular formula is C17H14O6S. The summed E-state index contributed by atoms with van der Waals surface area (Å²) in [5, 5.41) is 18.1. The van der Waals surface area contributed by atoms with Crippen molar-refractivity contribution >= 4 is 29.7 Å². The topological polar surface area (TPSA) is 101 Å². The molecule has 2 aromatic carbocycles. The molecule has 0 aromatic heterocycles. The Morgan fingerprint density at radius 2 is 1.50 bits per heavy atom. The molecule has 2 N–H and O–H groups in total. The molecule has 0 aliphatic carbocycles. The molecule has 0 saturated carbocycles. The van der Waals surface area contributed by atoms with Crippen molar-refractivity contribution in [2.45, 2.75) is 16.7 Å². The Hall–Kier alpha value is -2.80. The average Bonchev–Trinajstić information content (AvgIpc) is 2.55. The highest BCUT2D eigenvalue weighted by Gasteiger charge is 2.16. The highest BCUT2D eigenvalue weighted by atomic mass is 32.2. The number of hydrogen-bond acceptors (Lipinski definition) is 5. The van der Waals surface area contributed by atoms with Gasteiger partial charge in [0.2, 0.25) is 0 Å². The van der Waals surface area contributed by atoms with Gasteiger partial charge in [0.1, 0.15) is 0 Å². The number of esters is 1. The van der Waals surface area contributed by atoms with Crippen LogP contribution in [0.25, 0.3) is 0 Å². The number of rotatable bonds is 6. The molecule has 124 valence electrons. The first-order chi connectivity index (χ1) is 11.4. The monoisotopic (exact) mass is 346 g/mol. The first-order valence-corrected chi connectivity index (χ1v) is 7.79. The third kappa shape index (κ3) is 4.14. The van der Waals surface area contributed by atoms with Gasteiger partial charge in [-0.15, -0.1) is 0 Å². The highest BCUT2D eigenvalue weighted by molar-refractivity contribution is 7.99. The Morgan fingerprint density at radius 3 is 2.04 bits per heavy atom. The summed E-state index contributed by atoms with van der Waals surface area (Å²) in [5.74, 6) is -3.00. The molecule has 6 nitrogen and oxygen atoms in total. The average molecular weight is 346 g/mol. The molecule has 2 aromatic rings. The summed E-state index contributed by atoms with van der Waals surface area (Å²) in [5.41, 5.74) is -0.103. The van der Waals surface area contributed by atoms with Crippen LogP contribution in [0.5, 0.6) is 0 Å². The molecule has 0 amide bonds. The van der Waals surface area contributed by atoms with Gasteiger partial charge in [-0.25, -0.2) is 14.4 Å². The minimum absolute atomic E-state index is 0.260. The molecule has 0 spiro atoms. The standard InChI is InChI=1S/C17H14O6S/c1-2-23-17(22)10-3-5-11(6-4-10)24-12-7-8-13(15(18)19)14(9-12)16(20)21/h3-9H,2H2,1H3,(H,18,19)(H,20,21). The molecule has 0 unspecified atom stereocenters. The van der Waals surface area contributed by atoms with Crippen molar-refractivity contribution in [3.63, 3.8) is 0 Å². The van der Waals surface area contributed by atoms with Crippen molar-refractivity contribution in [1.29, 1.82) is 0 Å². The maximum atomic E-state index is 11.6. The molecule has 0 saturated heterocycles. The van der Waals surface area contributed by atoms with Gasteiger partial charge in [0.15, 0.2) is 0 Å². The van der Waals surface area contributed by atoms with Crippen molar-refractivity contribution in [1.82, 2.24) is 0 Å². The zero-order valence-corrected chi connectivity index (χ0v) is 13.5. The second kappa shape index (κ2) is 7.65. The van der Waals surface area contributed by atoms with Crippen LogP contribution in [0, 0.1) is 0 Å². The Bertz CT molecular complexity index is 782. The molecule has 0 aliphatic heterocycles. The molecule has 0 heterocycles. The fourth-order valence-corrected chi connectivity index (χ4v) is 2.82. The fraction of sp³-hybridized carbons (Fsp3) is 0.118. The lowest BCUT2D eigenvalue weighted by Gasteiger charge is -2.07. The Balaban J connectivity index is 2.22. The van der Waals surface area contributed by atoms with Gasteiger partial charge in [-0.3, -0.25) is 0 Å². The van der Waals surface area contributed by atoms with Gasteiger partial charge in [0.25, 0.3) is 0 Å². The van der Waals surface area contributed by atoms with E-state index in [1.54, 1.807) is 37.3 Å². The van der Waals surface area contributed by atoms with Gasteiger partial charge in [0.05, 0.1) is 23.3 Å². The Kier molecular flexibility index (Phi) is 5.59. The van der Waals surface area contributed by atoms with Crippen molar-refractivity contribution < 1.29 is 29.3 Å². The van der Waals surface area contributed by atoms with E-state index >= 15 is 0 Å². The van der Waals surface area contributed by atoms with Crippen molar-refractivity contribution in [2.24, 2.45) is 0 Å². The first-order valence-electron chi connectivity index (χ1n) is 6.98. The molecule has 24 heavy (non-hydrogen) atoms. The van der Waals surface area contributed by atoms with E-state index in [9.17, 15) is 14.4 Å². The lowest BCUT2D eigenvalue weighted by atomic mass is 10.1.